The molecule has 4 rings (SSSR count). The third kappa shape index (κ3) is 5.03. The second kappa shape index (κ2) is 9.36. The first-order chi connectivity index (χ1) is 14.6. The van der Waals surface area contributed by atoms with E-state index in [2.05, 4.69) is 21.6 Å². The van der Waals surface area contributed by atoms with Crippen molar-refractivity contribution in [2.75, 3.05) is 22.5 Å². The van der Waals surface area contributed by atoms with Gasteiger partial charge in [0.15, 0.2) is 4.34 Å². The minimum absolute atomic E-state index is 0.0317. The van der Waals surface area contributed by atoms with Crippen molar-refractivity contribution in [2.45, 2.75) is 23.6 Å². The highest BCUT2D eigenvalue weighted by molar-refractivity contribution is 8.01. The van der Waals surface area contributed by atoms with Gasteiger partial charge >= 0.3 is 0 Å². The fourth-order valence-corrected chi connectivity index (χ4v) is 4.91. The van der Waals surface area contributed by atoms with Crippen molar-refractivity contribution in [2.24, 2.45) is 0 Å². The summed E-state index contributed by atoms with van der Waals surface area (Å²) in [5.41, 5.74) is 2.89. The molecule has 0 radical (unpaired) electrons. The van der Waals surface area contributed by atoms with E-state index in [1.54, 1.807) is 12.1 Å². The molecule has 0 bridgehead atoms. The van der Waals surface area contributed by atoms with Gasteiger partial charge in [-0.25, -0.2) is 4.39 Å². The van der Waals surface area contributed by atoms with E-state index in [1.807, 2.05) is 23.1 Å². The van der Waals surface area contributed by atoms with Crippen LogP contribution in [0, 0.1) is 5.82 Å². The van der Waals surface area contributed by atoms with Gasteiger partial charge in [-0.3, -0.25) is 9.59 Å². The van der Waals surface area contributed by atoms with Crippen LogP contribution < -0.4 is 10.2 Å². The van der Waals surface area contributed by atoms with Crippen LogP contribution >= 0.6 is 23.1 Å². The van der Waals surface area contributed by atoms with Crippen LogP contribution in [0.15, 0.2) is 52.9 Å². The number of rotatable bonds is 6. The van der Waals surface area contributed by atoms with Gasteiger partial charge in [-0.05, 0) is 42.2 Å². The van der Waals surface area contributed by atoms with Crippen LogP contribution in [0.2, 0.25) is 0 Å². The number of hydrogen-bond acceptors (Lipinski definition) is 6. The summed E-state index contributed by atoms with van der Waals surface area (Å²) in [6.07, 6.45) is 2.07. The highest BCUT2D eigenvalue weighted by Crippen LogP contribution is 2.29. The summed E-state index contributed by atoms with van der Waals surface area (Å²) in [5, 5.41) is 11.1. The molecule has 0 saturated carbocycles. The number of carbonyl (C=O) groups excluding carboxylic acids is 2. The van der Waals surface area contributed by atoms with E-state index in [0.29, 0.717) is 15.0 Å². The Morgan fingerprint density at radius 1 is 1.13 bits per heavy atom. The molecule has 0 spiro atoms. The standard InChI is InChI=1S/C21H19FN4O2S2/c22-16-9-7-14(8-10-16)12-18(27)23-20-24-25-21(30-20)29-13-19(28)26-11-3-5-15-4-1-2-6-17(15)26/h1-2,4,6-10H,3,5,11-13H2,(H,23,24,27). The normalized spacial score (nSPS) is 13.0. The maximum Gasteiger partial charge on any atom is 0.237 e. The Bertz CT molecular complexity index is 1060. The van der Waals surface area contributed by atoms with Gasteiger partial charge in [0.25, 0.3) is 0 Å². The van der Waals surface area contributed by atoms with Gasteiger partial charge in [-0.15, -0.1) is 10.2 Å². The lowest BCUT2D eigenvalue weighted by molar-refractivity contribution is -0.116. The number of para-hydroxylation sites is 1. The van der Waals surface area contributed by atoms with Crippen molar-refractivity contribution in [3.8, 4) is 0 Å². The molecule has 0 fully saturated rings. The minimum Gasteiger partial charge on any atom is -0.311 e. The molecule has 0 aliphatic carbocycles. The average Bonchev–Trinajstić information content (AvgIpc) is 3.20. The number of aryl methyl sites for hydroxylation is 1. The Morgan fingerprint density at radius 3 is 2.77 bits per heavy atom. The van der Waals surface area contributed by atoms with E-state index >= 15 is 0 Å². The molecule has 2 heterocycles. The summed E-state index contributed by atoms with van der Waals surface area (Å²) in [6, 6.07) is 13.8. The predicted molar refractivity (Wildman–Crippen MR) is 116 cm³/mol. The van der Waals surface area contributed by atoms with Crippen LogP contribution in [-0.4, -0.2) is 34.3 Å². The maximum absolute atomic E-state index is 12.9. The number of halogens is 1. The third-order valence-electron chi connectivity index (χ3n) is 4.66. The molecule has 30 heavy (non-hydrogen) atoms. The molecule has 9 heteroatoms. The van der Waals surface area contributed by atoms with Crippen LogP contribution in [0.3, 0.4) is 0 Å². The molecule has 1 N–H and O–H groups in total. The highest BCUT2D eigenvalue weighted by Gasteiger charge is 2.22. The van der Waals surface area contributed by atoms with Gasteiger partial charge in [0.1, 0.15) is 5.82 Å². The molecule has 1 aliphatic heterocycles. The summed E-state index contributed by atoms with van der Waals surface area (Å²) in [5.74, 6) is -0.306. The van der Waals surface area contributed by atoms with Crippen LogP contribution in [0.1, 0.15) is 17.5 Å². The van der Waals surface area contributed by atoms with Gasteiger partial charge in [0.05, 0.1) is 12.2 Å². The molecule has 1 aromatic heterocycles. The van der Waals surface area contributed by atoms with Gasteiger partial charge in [-0.2, -0.15) is 0 Å². The number of nitrogens with one attached hydrogen (secondary N) is 1. The van der Waals surface area contributed by atoms with E-state index in [4.69, 9.17) is 0 Å². The van der Waals surface area contributed by atoms with E-state index in [0.717, 1.165) is 25.1 Å². The highest BCUT2D eigenvalue weighted by atomic mass is 32.2. The Labute approximate surface area is 181 Å². The second-order valence-electron chi connectivity index (χ2n) is 6.79. The van der Waals surface area contributed by atoms with E-state index < -0.39 is 0 Å². The number of carbonyl (C=O) groups is 2. The topological polar surface area (TPSA) is 75.2 Å². The zero-order valence-corrected chi connectivity index (χ0v) is 17.6. The molecule has 6 nitrogen and oxygen atoms in total. The monoisotopic (exact) mass is 442 g/mol. The summed E-state index contributed by atoms with van der Waals surface area (Å²) in [7, 11) is 0. The number of hydrogen-bond donors (Lipinski definition) is 1. The summed E-state index contributed by atoms with van der Waals surface area (Å²) in [4.78, 5) is 26.7. The van der Waals surface area contributed by atoms with Crippen molar-refractivity contribution in [1.82, 2.24) is 10.2 Å². The molecule has 0 unspecified atom stereocenters. The third-order valence-corrected chi connectivity index (χ3v) is 6.62. The average molecular weight is 443 g/mol. The summed E-state index contributed by atoms with van der Waals surface area (Å²) < 4.78 is 13.6. The molecular weight excluding hydrogens is 423 g/mol. The maximum atomic E-state index is 12.9. The largest absolute Gasteiger partial charge is 0.311 e. The van der Waals surface area contributed by atoms with Crippen molar-refractivity contribution in [3.63, 3.8) is 0 Å². The quantitative estimate of drug-likeness (QED) is 0.462. The van der Waals surface area contributed by atoms with Gasteiger partial charge in [-0.1, -0.05) is 53.4 Å². The summed E-state index contributed by atoms with van der Waals surface area (Å²) >= 11 is 2.54. The number of thioether (sulfide) groups is 1. The van der Waals surface area contributed by atoms with Gasteiger partial charge in [0.2, 0.25) is 16.9 Å². The van der Waals surface area contributed by atoms with E-state index in [-0.39, 0.29) is 29.8 Å². The zero-order valence-electron chi connectivity index (χ0n) is 16.0. The molecule has 1 aliphatic rings. The zero-order chi connectivity index (χ0) is 20.9. The van der Waals surface area contributed by atoms with Crippen molar-refractivity contribution in [1.29, 1.82) is 0 Å². The number of fused-ring (bicyclic) bond motifs is 1. The minimum atomic E-state index is -0.340. The van der Waals surface area contributed by atoms with Gasteiger partial charge < -0.3 is 10.2 Å². The molecular formula is C21H19FN4O2S2. The fraction of sp³-hybridized carbons (Fsp3) is 0.238. The lowest BCUT2D eigenvalue weighted by atomic mass is 10.0. The molecule has 2 aromatic carbocycles. The van der Waals surface area contributed by atoms with Crippen molar-refractivity contribution < 1.29 is 14.0 Å². The molecule has 2 amide bonds. The van der Waals surface area contributed by atoms with Crippen LogP contribution in [0.5, 0.6) is 0 Å². The second-order valence-corrected chi connectivity index (χ2v) is 8.99. The first kappa shape index (κ1) is 20.5. The van der Waals surface area contributed by atoms with E-state index in [9.17, 15) is 14.0 Å². The first-order valence-corrected chi connectivity index (χ1v) is 11.3. The van der Waals surface area contributed by atoms with Crippen LogP contribution in [0.4, 0.5) is 15.2 Å². The molecule has 154 valence electrons. The smallest absolute Gasteiger partial charge is 0.237 e. The molecule has 0 atom stereocenters. The number of aromatic nitrogens is 2. The lowest BCUT2D eigenvalue weighted by Crippen LogP contribution is -2.36. The number of amides is 2. The number of nitrogens with zero attached hydrogens (tertiary/aromatic N) is 3. The Hall–Kier alpha value is -2.78. The summed E-state index contributed by atoms with van der Waals surface area (Å²) in [6.45, 7) is 0.719. The first-order valence-electron chi connectivity index (χ1n) is 9.47. The lowest BCUT2D eigenvalue weighted by Gasteiger charge is -2.29. The van der Waals surface area contributed by atoms with Crippen LogP contribution in [0.25, 0.3) is 0 Å². The van der Waals surface area contributed by atoms with Crippen molar-refractivity contribution in [3.05, 3.63) is 65.5 Å². The SMILES string of the molecule is O=C(Cc1ccc(F)cc1)Nc1nnc(SCC(=O)N2CCCc3ccccc32)s1. The van der Waals surface area contributed by atoms with E-state index in [1.165, 1.54) is 40.8 Å². The molecule has 0 saturated heterocycles. The van der Waals surface area contributed by atoms with Gasteiger partial charge in [0, 0.05) is 12.2 Å². The number of benzene rings is 2. The Kier molecular flexibility index (Phi) is 6.39. The number of anilines is 2. The fourth-order valence-electron chi connectivity index (χ4n) is 3.26. The van der Waals surface area contributed by atoms with Crippen LogP contribution in [-0.2, 0) is 22.4 Å². The Morgan fingerprint density at radius 2 is 1.93 bits per heavy atom. The Balaban J connectivity index is 1.30. The van der Waals surface area contributed by atoms with Crippen molar-refractivity contribution >= 4 is 45.7 Å². The predicted octanol–water partition coefficient (Wildman–Crippen LogP) is 3.93. The molecule has 3 aromatic rings.